The van der Waals surface area contributed by atoms with Crippen LogP contribution in [0.25, 0.3) is 0 Å². The topological polar surface area (TPSA) is 86.8 Å². The molecule has 10 heteroatoms. The van der Waals surface area contributed by atoms with Crippen LogP contribution in [0.1, 0.15) is 29.5 Å². The highest BCUT2D eigenvalue weighted by molar-refractivity contribution is 9.10. The third kappa shape index (κ3) is 8.81. The van der Waals surface area contributed by atoms with Gasteiger partial charge in [-0.25, -0.2) is 8.42 Å². The van der Waals surface area contributed by atoms with Crippen LogP contribution in [0, 0.1) is 6.92 Å². The summed E-state index contributed by atoms with van der Waals surface area (Å²) < 4.78 is 27.4. The first-order valence-electron chi connectivity index (χ1n) is 12.5. The molecular formula is C29H33BrClN3O4S. The van der Waals surface area contributed by atoms with E-state index in [1.807, 2.05) is 61.5 Å². The SMILES string of the molecule is CNC(=O)[C@H](Cc1ccccc1)N(Cc1cccc(Br)c1)C(=O)CCCN(c1cc(Cl)ccc1C)S(C)(=O)=O. The van der Waals surface area contributed by atoms with E-state index in [4.69, 9.17) is 11.6 Å². The van der Waals surface area contributed by atoms with Gasteiger partial charge in [-0.2, -0.15) is 0 Å². The third-order valence-electron chi connectivity index (χ3n) is 6.35. The number of sulfonamides is 1. The van der Waals surface area contributed by atoms with Gasteiger partial charge in [0.15, 0.2) is 0 Å². The van der Waals surface area contributed by atoms with Crippen molar-refractivity contribution < 1.29 is 18.0 Å². The lowest BCUT2D eigenvalue weighted by Crippen LogP contribution is -2.49. The number of likely N-dealkylation sites (N-methyl/N-ethyl adjacent to an activating group) is 1. The van der Waals surface area contributed by atoms with Crippen LogP contribution in [0.5, 0.6) is 0 Å². The van der Waals surface area contributed by atoms with Crippen LogP contribution >= 0.6 is 27.5 Å². The van der Waals surface area contributed by atoms with Gasteiger partial charge < -0.3 is 10.2 Å². The Morgan fingerprint density at radius 1 is 1.00 bits per heavy atom. The number of carbonyl (C=O) groups excluding carboxylic acids is 2. The molecule has 0 saturated heterocycles. The largest absolute Gasteiger partial charge is 0.357 e. The second kappa shape index (κ2) is 14.0. The van der Waals surface area contributed by atoms with Gasteiger partial charge in [0.2, 0.25) is 21.8 Å². The number of nitrogens with zero attached hydrogens (tertiary/aromatic N) is 2. The van der Waals surface area contributed by atoms with Gasteiger partial charge in [0.1, 0.15) is 6.04 Å². The number of halogens is 2. The summed E-state index contributed by atoms with van der Waals surface area (Å²) in [4.78, 5) is 28.4. The Kier molecular flexibility index (Phi) is 11.0. The van der Waals surface area contributed by atoms with E-state index >= 15 is 0 Å². The van der Waals surface area contributed by atoms with Crippen LogP contribution in [0.2, 0.25) is 5.02 Å². The molecule has 2 amide bonds. The highest BCUT2D eigenvalue weighted by Crippen LogP contribution is 2.27. The van der Waals surface area contributed by atoms with Gasteiger partial charge in [-0.3, -0.25) is 13.9 Å². The molecule has 3 aromatic rings. The lowest BCUT2D eigenvalue weighted by molar-refractivity contribution is -0.141. The standard InChI is InChI=1S/C29H33BrClN3O4S/c1-21-14-15-25(31)19-26(21)34(39(3,37)38)16-8-13-28(35)33(20-23-11-7-12-24(30)17-23)27(29(36)32-2)18-22-9-5-4-6-10-22/h4-7,9-12,14-15,17,19,27H,8,13,16,18,20H2,1-3H3,(H,32,36)/t27-/m0/s1. The summed E-state index contributed by atoms with van der Waals surface area (Å²) in [7, 11) is -2.07. The predicted molar refractivity (Wildman–Crippen MR) is 160 cm³/mol. The first-order chi connectivity index (χ1) is 18.5. The van der Waals surface area contributed by atoms with Crippen molar-refractivity contribution in [3.8, 4) is 0 Å². The van der Waals surface area contributed by atoms with Crippen LogP contribution in [-0.2, 0) is 32.6 Å². The molecule has 3 aromatic carbocycles. The van der Waals surface area contributed by atoms with Crippen molar-refractivity contribution in [3.63, 3.8) is 0 Å². The zero-order valence-electron chi connectivity index (χ0n) is 22.2. The number of hydrogen-bond acceptors (Lipinski definition) is 4. The van der Waals surface area contributed by atoms with Crippen LogP contribution in [-0.4, -0.2) is 51.0 Å². The monoisotopic (exact) mass is 633 g/mol. The molecule has 0 unspecified atom stereocenters. The maximum atomic E-state index is 13.7. The van der Waals surface area contributed by atoms with Crippen LogP contribution in [0.3, 0.4) is 0 Å². The lowest BCUT2D eigenvalue weighted by Gasteiger charge is -2.32. The minimum Gasteiger partial charge on any atom is -0.357 e. The van der Waals surface area contributed by atoms with E-state index in [1.165, 1.54) is 4.31 Å². The van der Waals surface area contributed by atoms with Gasteiger partial charge >= 0.3 is 0 Å². The van der Waals surface area contributed by atoms with E-state index < -0.39 is 16.1 Å². The molecule has 1 atom stereocenters. The molecule has 0 radical (unpaired) electrons. The Hall–Kier alpha value is -2.88. The van der Waals surface area contributed by atoms with Gasteiger partial charge in [-0.1, -0.05) is 76.1 Å². The molecule has 0 saturated carbocycles. The van der Waals surface area contributed by atoms with Gasteiger partial charge in [-0.15, -0.1) is 0 Å². The van der Waals surface area contributed by atoms with Gasteiger partial charge in [0, 0.05) is 42.5 Å². The molecular weight excluding hydrogens is 602 g/mol. The van der Waals surface area contributed by atoms with Crippen molar-refractivity contribution in [3.05, 3.63) is 99.0 Å². The van der Waals surface area contributed by atoms with Gasteiger partial charge in [0.25, 0.3) is 0 Å². The number of amides is 2. The van der Waals surface area contributed by atoms with Crippen molar-refractivity contribution in [2.45, 2.75) is 38.8 Å². The molecule has 0 heterocycles. The molecule has 0 aliphatic rings. The molecule has 0 fully saturated rings. The van der Waals surface area contributed by atoms with E-state index in [-0.39, 0.29) is 37.7 Å². The maximum absolute atomic E-state index is 13.7. The van der Waals surface area contributed by atoms with Gasteiger partial charge in [-0.05, 0) is 54.3 Å². The highest BCUT2D eigenvalue weighted by Gasteiger charge is 2.30. The van der Waals surface area contributed by atoms with Crippen molar-refractivity contribution in [2.24, 2.45) is 0 Å². The summed E-state index contributed by atoms with van der Waals surface area (Å²) in [6.45, 7) is 2.14. The Bertz CT molecular complexity index is 1400. The first-order valence-corrected chi connectivity index (χ1v) is 15.5. The van der Waals surface area contributed by atoms with Crippen molar-refractivity contribution >= 4 is 55.1 Å². The first kappa shape index (κ1) is 30.7. The average Bonchev–Trinajstić information content (AvgIpc) is 2.89. The minimum atomic E-state index is -3.62. The quantitative estimate of drug-likeness (QED) is 0.291. The molecule has 0 aliphatic heterocycles. The van der Waals surface area contributed by atoms with E-state index in [0.29, 0.717) is 17.1 Å². The van der Waals surface area contributed by atoms with Crippen LogP contribution in [0.4, 0.5) is 5.69 Å². The summed E-state index contributed by atoms with van der Waals surface area (Å²) in [6, 6.07) is 21.5. The minimum absolute atomic E-state index is 0.0575. The number of benzene rings is 3. The second-order valence-corrected chi connectivity index (χ2v) is 12.6. The van der Waals surface area contributed by atoms with Crippen molar-refractivity contribution in [1.29, 1.82) is 0 Å². The molecule has 0 bridgehead atoms. The Morgan fingerprint density at radius 3 is 2.33 bits per heavy atom. The molecule has 208 valence electrons. The predicted octanol–water partition coefficient (Wildman–Crippen LogP) is 5.34. The smallest absolute Gasteiger partial charge is 0.242 e. The maximum Gasteiger partial charge on any atom is 0.242 e. The second-order valence-electron chi connectivity index (χ2n) is 9.34. The number of aryl methyl sites for hydroxylation is 1. The van der Waals surface area contributed by atoms with E-state index in [9.17, 15) is 18.0 Å². The summed E-state index contributed by atoms with van der Waals surface area (Å²) in [5.41, 5.74) is 3.04. The summed E-state index contributed by atoms with van der Waals surface area (Å²) in [6.07, 6.45) is 1.80. The normalized spacial score (nSPS) is 12.0. The fourth-order valence-corrected chi connectivity index (χ4v) is 6.01. The third-order valence-corrected chi connectivity index (χ3v) is 8.26. The molecule has 1 N–H and O–H groups in total. The number of anilines is 1. The Balaban J connectivity index is 1.86. The fraction of sp³-hybridized carbons (Fsp3) is 0.310. The highest BCUT2D eigenvalue weighted by atomic mass is 79.9. The van der Waals surface area contributed by atoms with Crippen LogP contribution in [0.15, 0.2) is 77.3 Å². The van der Waals surface area contributed by atoms with Crippen molar-refractivity contribution in [1.82, 2.24) is 10.2 Å². The average molecular weight is 635 g/mol. The Morgan fingerprint density at radius 2 is 1.69 bits per heavy atom. The molecule has 0 aliphatic carbocycles. The summed E-state index contributed by atoms with van der Waals surface area (Å²) in [5, 5.41) is 3.13. The Labute approximate surface area is 244 Å². The van der Waals surface area contributed by atoms with E-state index in [0.717, 1.165) is 27.4 Å². The van der Waals surface area contributed by atoms with Gasteiger partial charge in [0.05, 0.1) is 11.9 Å². The molecule has 0 aromatic heterocycles. The molecule has 3 rings (SSSR count). The fourth-order valence-electron chi connectivity index (χ4n) is 4.39. The molecule has 39 heavy (non-hydrogen) atoms. The number of hydrogen-bond donors (Lipinski definition) is 1. The van der Waals surface area contributed by atoms with Crippen molar-refractivity contribution in [2.75, 3.05) is 24.2 Å². The summed E-state index contributed by atoms with van der Waals surface area (Å²) >= 11 is 9.62. The van der Waals surface area contributed by atoms with Crippen LogP contribution < -0.4 is 9.62 Å². The number of nitrogens with one attached hydrogen (secondary N) is 1. The van der Waals surface area contributed by atoms with E-state index in [2.05, 4.69) is 21.2 Å². The molecule has 0 spiro atoms. The molecule has 7 nitrogen and oxygen atoms in total. The number of rotatable bonds is 12. The lowest BCUT2D eigenvalue weighted by atomic mass is 10.0. The number of carbonyl (C=O) groups is 2. The summed E-state index contributed by atoms with van der Waals surface area (Å²) in [5.74, 6) is -0.509. The van der Waals surface area contributed by atoms with E-state index in [1.54, 1.807) is 30.1 Å². The zero-order chi connectivity index (χ0) is 28.6. The zero-order valence-corrected chi connectivity index (χ0v) is 25.4.